The van der Waals surface area contributed by atoms with Gasteiger partial charge in [0.15, 0.2) is 0 Å². The second-order valence-corrected chi connectivity index (χ2v) is 5.75. The normalized spacial score (nSPS) is 18.7. The van der Waals surface area contributed by atoms with E-state index in [0.29, 0.717) is 12.6 Å². The van der Waals surface area contributed by atoms with Crippen molar-refractivity contribution in [2.24, 2.45) is 5.92 Å². The molecule has 0 bridgehead atoms. The highest BCUT2D eigenvalue weighted by atomic mass is 16.1. The molecule has 1 unspecified atom stereocenters. The van der Waals surface area contributed by atoms with Crippen molar-refractivity contribution >= 4 is 5.91 Å². The summed E-state index contributed by atoms with van der Waals surface area (Å²) in [4.78, 5) is 11.5. The third-order valence-corrected chi connectivity index (χ3v) is 2.57. The first-order valence-electron chi connectivity index (χ1n) is 5.91. The predicted molar refractivity (Wildman–Crippen MR) is 62.7 cm³/mol. The lowest BCUT2D eigenvalue weighted by Crippen LogP contribution is -2.45. The van der Waals surface area contributed by atoms with Gasteiger partial charge in [0.2, 0.25) is 5.91 Å². The van der Waals surface area contributed by atoms with Crippen molar-refractivity contribution in [3.63, 3.8) is 0 Å². The molecule has 1 rings (SSSR count). The summed E-state index contributed by atoms with van der Waals surface area (Å²) in [5.74, 6) is 0.981. The molecule has 0 saturated heterocycles. The molecule has 1 aliphatic carbocycles. The molecule has 3 nitrogen and oxygen atoms in total. The van der Waals surface area contributed by atoms with E-state index in [1.54, 1.807) is 0 Å². The van der Waals surface area contributed by atoms with Gasteiger partial charge in [-0.3, -0.25) is 4.79 Å². The highest BCUT2D eigenvalue weighted by molar-refractivity contribution is 5.78. The molecule has 1 fully saturated rings. The molecule has 1 saturated carbocycles. The summed E-state index contributed by atoms with van der Waals surface area (Å²) in [5, 5.41) is 6.21. The van der Waals surface area contributed by atoms with Gasteiger partial charge in [-0.25, -0.2) is 0 Å². The van der Waals surface area contributed by atoms with E-state index in [2.05, 4.69) is 38.3 Å². The van der Waals surface area contributed by atoms with Crippen LogP contribution in [-0.4, -0.2) is 24.0 Å². The lowest BCUT2D eigenvalue weighted by Gasteiger charge is -2.21. The van der Waals surface area contributed by atoms with Crippen molar-refractivity contribution in [1.29, 1.82) is 0 Å². The quantitative estimate of drug-likeness (QED) is 0.728. The number of hydrogen-bond donors (Lipinski definition) is 2. The summed E-state index contributed by atoms with van der Waals surface area (Å²) in [6.45, 7) is 8.70. The van der Waals surface area contributed by atoms with Gasteiger partial charge >= 0.3 is 0 Å². The van der Waals surface area contributed by atoms with Crippen LogP contribution >= 0.6 is 0 Å². The lowest BCUT2D eigenvalue weighted by molar-refractivity contribution is -0.121. The number of amides is 1. The molecule has 3 heteroatoms. The van der Waals surface area contributed by atoms with Crippen molar-refractivity contribution in [3.05, 3.63) is 0 Å². The van der Waals surface area contributed by atoms with Crippen LogP contribution in [0.25, 0.3) is 0 Å². The Morgan fingerprint density at radius 2 is 2.00 bits per heavy atom. The van der Waals surface area contributed by atoms with Gasteiger partial charge in [0, 0.05) is 11.6 Å². The van der Waals surface area contributed by atoms with Gasteiger partial charge in [0.05, 0.1) is 6.54 Å². The Bertz CT molecular complexity index is 216. The number of hydrogen-bond acceptors (Lipinski definition) is 2. The van der Waals surface area contributed by atoms with Gasteiger partial charge in [-0.05, 0) is 40.0 Å². The molecule has 0 radical (unpaired) electrons. The maximum absolute atomic E-state index is 11.5. The van der Waals surface area contributed by atoms with E-state index < -0.39 is 0 Å². The second kappa shape index (κ2) is 4.97. The van der Waals surface area contributed by atoms with E-state index in [9.17, 15) is 4.79 Å². The van der Waals surface area contributed by atoms with Gasteiger partial charge < -0.3 is 10.6 Å². The zero-order chi connectivity index (χ0) is 11.5. The largest absolute Gasteiger partial charge is 0.353 e. The minimum absolute atomic E-state index is 0.0110. The molecule has 2 N–H and O–H groups in total. The fourth-order valence-corrected chi connectivity index (χ4v) is 1.58. The Labute approximate surface area is 93.0 Å². The average molecular weight is 212 g/mol. The molecule has 0 spiro atoms. The van der Waals surface area contributed by atoms with Gasteiger partial charge in [-0.2, -0.15) is 0 Å². The summed E-state index contributed by atoms with van der Waals surface area (Å²) in [6, 6.07) is 0.326. The third-order valence-electron chi connectivity index (χ3n) is 2.57. The maximum atomic E-state index is 11.5. The fourth-order valence-electron chi connectivity index (χ4n) is 1.58. The number of nitrogens with one attached hydrogen (secondary N) is 2. The molecule has 1 amide bonds. The van der Waals surface area contributed by atoms with E-state index in [-0.39, 0.29) is 11.4 Å². The summed E-state index contributed by atoms with van der Waals surface area (Å²) < 4.78 is 0. The first kappa shape index (κ1) is 12.5. The standard InChI is InChI=1S/C12H24N2O/c1-9(7-10-5-6-10)14-11(15)8-13-12(2,3)4/h9-10,13H,5-8H2,1-4H3,(H,14,15). The summed E-state index contributed by atoms with van der Waals surface area (Å²) >= 11 is 0. The van der Waals surface area contributed by atoms with Crippen LogP contribution in [0.5, 0.6) is 0 Å². The Balaban J connectivity index is 2.11. The van der Waals surface area contributed by atoms with Crippen molar-refractivity contribution in [3.8, 4) is 0 Å². The Hall–Kier alpha value is -0.570. The van der Waals surface area contributed by atoms with Crippen LogP contribution in [0.1, 0.15) is 47.0 Å². The summed E-state index contributed by atoms with van der Waals surface area (Å²) in [5.41, 5.74) is 0.0110. The van der Waals surface area contributed by atoms with E-state index in [0.717, 1.165) is 12.3 Å². The van der Waals surface area contributed by atoms with Gasteiger partial charge in [-0.15, -0.1) is 0 Å². The van der Waals surface area contributed by atoms with E-state index in [4.69, 9.17) is 0 Å². The molecule has 0 aromatic rings. The predicted octanol–water partition coefficient (Wildman–Crippen LogP) is 1.68. The monoisotopic (exact) mass is 212 g/mol. The molecule has 1 atom stereocenters. The number of rotatable bonds is 5. The minimum atomic E-state index is 0.0110. The molecular formula is C12H24N2O. The van der Waals surface area contributed by atoms with E-state index in [1.807, 2.05) is 0 Å². The molecule has 15 heavy (non-hydrogen) atoms. The Morgan fingerprint density at radius 3 is 2.47 bits per heavy atom. The zero-order valence-electron chi connectivity index (χ0n) is 10.4. The smallest absolute Gasteiger partial charge is 0.234 e. The molecule has 0 aromatic heterocycles. The SMILES string of the molecule is CC(CC1CC1)NC(=O)CNC(C)(C)C. The maximum Gasteiger partial charge on any atom is 0.234 e. The van der Waals surface area contributed by atoms with Gasteiger partial charge in [-0.1, -0.05) is 12.8 Å². The van der Waals surface area contributed by atoms with Crippen LogP contribution in [-0.2, 0) is 4.79 Å². The number of carbonyl (C=O) groups is 1. The number of carbonyl (C=O) groups excluding carboxylic acids is 1. The molecule has 1 aliphatic rings. The van der Waals surface area contributed by atoms with Crippen molar-refractivity contribution < 1.29 is 4.79 Å². The van der Waals surface area contributed by atoms with Crippen molar-refractivity contribution in [1.82, 2.24) is 10.6 Å². The minimum Gasteiger partial charge on any atom is -0.353 e. The summed E-state index contributed by atoms with van der Waals surface area (Å²) in [7, 11) is 0. The third kappa shape index (κ3) is 6.50. The molecular weight excluding hydrogens is 188 g/mol. The molecule has 0 aromatic carbocycles. The Kier molecular flexibility index (Phi) is 4.14. The highest BCUT2D eigenvalue weighted by Gasteiger charge is 2.24. The van der Waals surface area contributed by atoms with Crippen LogP contribution in [0.3, 0.4) is 0 Å². The van der Waals surface area contributed by atoms with Crippen molar-refractivity contribution in [2.45, 2.75) is 58.5 Å². The first-order chi connectivity index (χ1) is 6.87. The fraction of sp³-hybridized carbons (Fsp3) is 0.917. The van der Waals surface area contributed by atoms with Crippen LogP contribution in [0, 0.1) is 5.92 Å². The van der Waals surface area contributed by atoms with Gasteiger partial charge in [0.1, 0.15) is 0 Å². The topological polar surface area (TPSA) is 41.1 Å². The van der Waals surface area contributed by atoms with Crippen LogP contribution in [0.15, 0.2) is 0 Å². The van der Waals surface area contributed by atoms with Crippen LogP contribution < -0.4 is 10.6 Å². The molecule has 88 valence electrons. The average Bonchev–Trinajstić information content (AvgIpc) is 2.83. The zero-order valence-corrected chi connectivity index (χ0v) is 10.4. The summed E-state index contributed by atoms with van der Waals surface area (Å²) in [6.07, 6.45) is 3.84. The second-order valence-electron chi connectivity index (χ2n) is 5.75. The van der Waals surface area contributed by atoms with Crippen LogP contribution in [0.4, 0.5) is 0 Å². The first-order valence-corrected chi connectivity index (χ1v) is 5.91. The molecule has 0 aliphatic heterocycles. The van der Waals surface area contributed by atoms with E-state index in [1.165, 1.54) is 12.8 Å². The van der Waals surface area contributed by atoms with Crippen molar-refractivity contribution in [2.75, 3.05) is 6.54 Å². The van der Waals surface area contributed by atoms with Crippen LogP contribution in [0.2, 0.25) is 0 Å². The Morgan fingerprint density at radius 1 is 1.40 bits per heavy atom. The highest BCUT2D eigenvalue weighted by Crippen LogP contribution is 2.33. The van der Waals surface area contributed by atoms with E-state index >= 15 is 0 Å². The van der Waals surface area contributed by atoms with Gasteiger partial charge in [0.25, 0.3) is 0 Å². The lowest BCUT2D eigenvalue weighted by atomic mass is 10.1. The molecule has 0 heterocycles.